The summed E-state index contributed by atoms with van der Waals surface area (Å²) in [6, 6.07) is 13.5. The first-order valence-corrected chi connectivity index (χ1v) is 9.19. The van der Waals surface area contributed by atoms with Crippen molar-refractivity contribution in [3.8, 4) is 11.4 Å². The Morgan fingerprint density at radius 2 is 1.96 bits per heavy atom. The lowest BCUT2D eigenvalue weighted by molar-refractivity contribution is -0.116. The van der Waals surface area contributed by atoms with Crippen molar-refractivity contribution >= 4 is 11.7 Å². The molecule has 0 saturated heterocycles. The van der Waals surface area contributed by atoms with E-state index in [1.165, 1.54) is 0 Å². The van der Waals surface area contributed by atoms with Crippen LogP contribution >= 0.6 is 0 Å². The molecule has 1 aliphatic carbocycles. The molecule has 6 heteroatoms. The van der Waals surface area contributed by atoms with E-state index < -0.39 is 0 Å². The van der Waals surface area contributed by atoms with Gasteiger partial charge < -0.3 is 5.32 Å². The fraction of sp³-hybridized carbons (Fsp3) is 0.238. The Bertz CT molecular complexity index is 1070. The van der Waals surface area contributed by atoms with E-state index in [4.69, 9.17) is 10.1 Å². The van der Waals surface area contributed by atoms with Gasteiger partial charge in [0.05, 0.1) is 5.69 Å². The predicted octanol–water partition coefficient (Wildman–Crippen LogP) is 3.67. The maximum atomic E-state index is 12.8. The molecule has 134 valence electrons. The summed E-state index contributed by atoms with van der Waals surface area (Å²) >= 11 is 0. The van der Waals surface area contributed by atoms with Gasteiger partial charge in [0.2, 0.25) is 5.95 Å². The molecule has 2 aliphatic rings. The Kier molecular flexibility index (Phi) is 3.63. The van der Waals surface area contributed by atoms with Crippen LogP contribution in [0.2, 0.25) is 0 Å². The van der Waals surface area contributed by atoms with Gasteiger partial charge in [0.1, 0.15) is 6.04 Å². The number of ketones is 1. The van der Waals surface area contributed by atoms with Gasteiger partial charge in [-0.1, -0.05) is 30.3 Å². The van der Waals surface area contributed by atoms with Crippen LogP contribution in [-0.4, -0.2) is 25.5 Å². The zero-order chi connectivity index (χ0) is 18.4. The number of rotatable bonds is 2. The van der Waals surface area contributed by atoms with Crippen molar-refractivity contribution in [2.24, 2.45) is 0 Å². The largest absolute Gasteiger partial charge is 0.328 e. The molecule has 0 fully saturated rings. The Labute approximate surface area is 157 Å². The number of benzene rings is 1. The Balaban J connectivity index is 1.70. The van der Waals surface area contributed by atoms with E-state index >= 15 is 0 Å². The van der Waals surface area contributed by atoms with Crippen LogP contribution in [0.25, 0.3) is 11.4 Å². The second-order valence-corrected chi connectivity index (χ2v) is 6.97. The molecule has 1 N–H and O–H groups in total. The zero-order valence-electron chi connectivity index (χ0n) is 15.0. The molecule has 0 saturated carbocycles. The molecule has 1 unspecified atom stereocenters. The molecule has 27 heavy (non-hydrogen) atoms. The lowest BCUT2D eigenvalue weighted by Gasteiger charge is -2.31. The van der Waals surface area contributed by atoms with Crippen molar-refractivity contribution in [3.63, 3.8) is 0 Å². The summed E-state index contributed by atoms with van der Waals surface area (Å²) < 4.78 is 1.81. The number of nitrogens with one attached hydrogen (secondary N) is 1. The van der Waals surface area contributed by atoms with Gasteiger partial charge in [-0.3, -0.25) is 9.78 Å². The maximum absolute atomic E-state index is 12.8. The third-order valence-corrected chi connectivity index (χ3v) is 5.22. The summed E-state index contributed by atoms with van der Waals surface area (Å²) in [7, 11) is 0. The van der Waals surface area contributed by atoms with Crippen LogP contribution in [0.3, 0.4) is 0 Å². The minimum atomic E-state index is -0.337. The van der Waals surface area contributed by atoms with Gasteiger partial charge in [0.15, 0.2) is 11.6 Å². The van der Waals surface area contributed by atoms with E-state index in [0.29, 0.717) is 18.2 Å². The van der Waals surface area contributed by atoms with Crippen LogP contribution in [-0.2, 0) is 4.79 Å². The molecule has 3 heterocycles. The lowest BCUT2D eigenvalue weighted by Crippen LogP contribution is -2.32. The van der Waals surface area contributed by atoms with Crippen molar-refractivity contribution in [2.45, 2.75) is 32.2 Å². The first-order valence-electron chi connectivity index (χ1n) is 9.19. The number of anilines is 1. The smallest absolute Gasteiger partial charge is 0.226 e. The molecule has 1 aromatic carbocycles. The highest BCUT2D eigenvalue weighted by molar-refractivity contribution is 5.99. The summed E-state index contributed by atoms with van der Waals surface area (Å²) in [6.45, 7) is 2.05. The van der Waals surface area contributed by atoms with E-state index in [1.54, 1.807) is 6.20 Å². The Hall–Kier alpha value is -3.28. The zero-order valence-corrected chi connectivity index (χ0v) is 15.0. The first-order chi connectivity index (χ1) is 13.2. The minimum Gasteiger partial charge on any atom is -0.328 e. The van der Waals surface area contributed by atoms with Crippen LogP contribution < -0.4 is 5.32 Å². The normalized spacial score (nSPS) is 18.7. The van der Waals surface area contributed by atoms with Gasteiger partial charge in [0.25, 0.3) is 0 Å². The summed E-state index contributed by atoms with van der Waals surface area (Å²) in [5.41, 5.74) is 4.64. The third-order valence-electron chi connectivity index (χ3n) is 5.22. The number of hydrogen-bond acceptors (Lipinski definition) is 5. The number of allylic oxidation sites excluding steroid dienone is 2. The van der Waals surface area contributed by atoms with Crippen molar-refractivity contribution < 1.29 is 4.79 Å². The molecule has 0 radical (unpaired) electrons. The summed E-state index contributed by atoms with van der Waals surface area (Å²) in [5, 5.41) is 8.14. The molecule has 0 bridgehead atoms. The number of aryl methyl sites for hydroxylation is 1. The molecule has 0 spiro atoms. The monoisotopic (exact) mass is 357 g/mol. The fourth-order valence-corrected chi connectivity index (χ4v) is 3.91. The highest BCUT2D eigenvalue weighted by Crippen LogP contribution is 2.40. The second-order valence-electron chi connectivity index (χ2n) is 6.97. The average Bonchev–Trinajstić information content (AvgIpc) is 3.11. The fourth-order valence-electron chi connectivity index (χ4n) is 3.91. The van der Waals surface area contributed by atoms with Crippen LogP contribution in [0.1, 0.15) is 36.6 Å². The summed E-state index contributed by atoms with van der Waals surface area (Å²) in [6.07, 6.45) is 4.03. The summed E-state index contributed by atoms with van der Waals surface area (Å²) in [4.78, 5) is 22.0. The molecule has 6 nitrogen and oxygen atoms in total. The molecule has 2 aromatic heterocycles. The molecule has 0 amide bonds. The number of Topliss-reactive ketones (excluding diaryl/α,β-unsaturated/α-hetero) is 1. The molecule has 1 aliphatic heterocycles. The van der Waals surface area contributed by atoms with E-state index in [0.717, 1.165) is 40.9 Å². The van der Waals surface area contributed by atoms with Gasteiger partial charge in [-0.25, -0.2) is 4.68 Å². The number of carbonyl (C=O) groups excluding carboxylic acids is 1. The predicted molar refractivity (Wildman–Crippen MR) is 102 cm³/mol. The van der Waals surface area contributed by atoms with Crippen molar-refractivity contribution in [2.75, 3.05) is 5.32 Å². The number of pyridine rings is 1. The van der Waals surface area contributed by atoms with E-state index in [9.17, 15) is 4.79 Å². The van der Waals surface area contributed by atoms with Crippen molar-refractivity contribution in [3.05, 3.63) is 71.2 Å². The third kappa shape index (κ3) is 2.56. The Morgan fingerprint density at radius 3 is 2.78 bits per heavy atom. The molecule has 1 atom stereocenters. The van der Waals surface area contributed by atoms with Crippen LogP contribution in [0.15, 0.2) is 59.9 Å². The molecule has 5 rings (SSSR count). The van der Waals surface area contributed by atoms with Gasteiger partial charge in [-0.2, -0.15) is 4.98 Å². The average molecular weight is 357 g/mol. The number of carbonyl (C=O) groups is 1. The maximum Gasteiger partial charge on any atom is 0.226 e. The van der Waals surface area contributed by atoms with E-state index in [1.807, 2.05) is 54.1 Å². The van der Waals surface area contributed by atoms with E-state index in [-0.39, 0.29) is 11.8 Å². The first kappa shape index (κ1) is 15.9. The molecular weight excluding hydrogens is 338 g/mol. The second kappa shape index (κ2) is 6.16. The quantitative estimate of drug-likeness (QED) is 0.757. The van der Waals surface area contributed by atoms with Gasteiger partial charge in [-0.05, 0) is 37.5 Å². The topological polar surface area (TPSA) is 72.7 Å². The molecular formula is C21H19N5O. The van der Waals surface area contributed by atoms with Gasteiger partial charge in [0, 0.05) is 29.5 Å². The highest BCUT2D eigenvalue weighted by Gasteiger charge is 2.37. The Morgan fingerprint density at radius 1 is 1.11 bits per heavy atom. The number of fused-ring (bicyclic) bond motifs is 1. The van der Waals surface area contributed by atoms with Gasteiger partial charge >= 0.3 is 0 Å². The van der Waals surface area contributed by atoms with E-state index in [2.05, 4.69) is 10.3 Å². The molecule has 3 aromatic rings. The van der Waals surface area contributed by atoms with Gasteiger partial charge in [-0.15, -0.1) is 5.10 Å². The van der Waals surface area contributed by atoms with Crippen LogP contribution in [0, 0.1) is 6.92 Å². The standard InChI is InChI=1S/C21H19N5O/c1-13-7-2-3-8-14(13)20-24-21-23-15-10-6-11-17(27)18(15)19(26(21)25-20)16-9-4-5-12-22-16/h2-5,7-9,12,19H,6,10-11H2,1H3,(H,23,24,25). The number of nitrogens with zero attached hydrogens (tertiary/aromatic N) is 4. The summed E-state index contributed by atoms with van der Waals surface area (Å²) in [5.74, 6) is 1.49. The van der Waals surface area contributed by atoms with Crippen LogP contribution in [0.5, 0.6) is 0 Å². The lowest BCUT2D eigenvalue weighted by atomic mass is 9.87. The SMILES string of the molecule is Cc1ccccc1-c1nc2n(n1)C(c1ccccn1)C1=C(CCCC1=O)N2. The van der Waals surface area contributed by atoms with Crippen LogP contribution in [0.4, 0.5) is 5.95 Å². The van der Waals surface area contributed by atoms with Crippen molar-refractivity contribution in [1.29, 1.82) is 0 Å². The number of hydrogen-bond donors (Lipinski definition) is 1. The number of aromatic nitrogens is 4. The highest BCUT2D eigenvalue weighted by atomic mass is 16.1. The van der Waals surface area contributed by atoms with Crippen molar-refractivity contribution in [1.82, 2.24) is 19.7 Å². The minimum absolute atomic E-state index is 0.165.